The monoisotopic (exact) mass is 556 g/mol. The minimum absolute atomic E-state index is 0.0316. The van der Waals surface area contributed by atoms with Crippen LogP contribution in [0.5, 0.6) is 5.75 Å². The summed E-state index contributed by atoms with van der Waals surface area (Å²) in [5, 5.41) is 44.1. The largest absolute Gasteiger partial charge is 0.508 e. The molecule has 0 aliphatic heterocycles. The number of carbonyl (C=O) groups is 3. The molecule has 0 spiro atoms. The Morgan fingerprint density at radius 2 is 1.80 bits per heavy atom. The molecule has 216 valence electrons. The van der Waals surface area contributed by atoms with Gasteiger partial charge in [0.2, 0.25) is 5.78 Å². The van der Waals surface area contributed by atoms with Gasteiger partial charge in [-0.25, -0.2) is 4.39 Å². The van der Waals surface area contributed by atoms with Crippen LogP contribution in [0.25, 0.3) is 5.76 Å². The van der Waals surface area contributed by atoms with E-state index in [0.717, 1.165) is 19.4 Å². The summed E-state index contributed by atoms with van der Waals surface area (Å²) in [7, 11) is 0. The SMILES string of the molecule is CCN(Cc1cc(O)c2c(c1F)CC1C[C@H]3CC(=O)C(C(N)=O)=C(O)[C@@]3(O)C(=O)C1=C2O)CC1CCCCCC1. The molecule has 1 aromatic rings. The van der Waals surface area contributed by atoms with E-state index in [0.29, 0.717) is 18.0 Å². The number of aromatic hydroxyl groups is 1. The highest BCUT2D eigenvalue weighted by molar-refractivity contribution is 6.22. The highest BCUT2D eigenvalue weighted by atomic mass is 19.1. The number of primary amides is 1. The number of halogens is 1. The molecule has 4 aliphatic rings. The molecule has 5 rings (SSSR count). The number of rotatable bonds is 6. The number of nitrogens with two attached hydrogens (primary N) is 1. The van der Waals surface area contributed by atoms with E-state index in [1.807, 2.05) is 6.92 Å². The summed E-state index contributed by atoms with van der Waals surface area (Å²) in [6.07, 6.45) is 6.68. The van der Waals surface area contributed by atoms with Crippen LogP contribution in [-0.2, 0) is 27.3 Å². The Labute approximate surface area is 232 Å². The maximum atomic E-state index is 16.0. The quantitative estimate of drug-likeness (QED) is 0.263. The van der Waals surface area contributed by atoms with Crippen molar-refractivity contribution in [3.8, 4) is 5.75 Å². The van der Waals surface area contributed by atoms with E-state index in [1.54, 1.807) is 0 Å². The van der Waals surface area contributed by atoms with Gasteiger partial charge in [0.15, 0.2) is 11.4 Å². The predicted octanol–water partition coefficient (Wildman–Crippen LogP) is 3.36. The van der Waals surface area contributed by atoms with Crippen molar-refractivity contribution in [3.05, 3.63) is 45.5 Å². The first kappa shape index (κ1) is 28.3. The van der Waals surface area contributed by atoms with Crippen LogP contribution in [0, 0.1) is 23.6 Å². The molecule has 9 nitrogen and oxygen atoms in total. The fourth-order valence-electron chi connectivity index (χ4n) is 7.30. The number of aliphatic hydroxyl groups excluding tert-OH is 2. The van der Waals surface area contributed by atoms with Gasteiger partial charge in [0.05, 0.1) is 5.56 Å². The Morgan fingerprint density at radius 3 is 2.42 bits per heavy atom. The van der Waals surface area contributed by atoms with Crippen LogP contribution >= 0.6 is 0 Å². The first-order chi connectivity index (χ1) is 19.0. The smallest absolute Gasteiger partial charge is 0.255 e. The van der Waals surface area contributed by atoms with Gasteiger partial charge in [0, 0.05) is 42.1 Å². The van der Waals surface area contributed by atoms with E-state index in [9.17, 15) is 34.8 Å². The maximum Gasteiger partial charge on any atom is 0.255 e. The number of amides is 1. The third-order valence-electron chi connectivity index (χ3n) is 9.40. The van der Waals surface area contributed by atoms with E-state index < -0.39 is 70.0 Å². The molecule has 0 radical (unpaired) electrons. The second-order valence-corrected chi connectivity index (χ2v) is 11.8. The van der Waals surface area contributed by atoms with Crippen molar-refractivity contribution in [3.63, 3.8) is 0 Å². The van der Waals surface area contributed by atoms with Crippen LogP contribution in [0.1, 0.15) is 75.0 Å². The number of hydrogen-bond acceptors (Lipinski definition) is 8. The molecule has 10 heteroatoms. The molecule has 0 heterocycles. The molecule has 2 fully saturated rings. The molecular weight excluding hydrogens is 519 g/mol. The number of phenols is 1. The molecule has 6 N–H and O–H groups in total. The zero-order valence-electron chi connectivity index (χ0n) is 22.7. The molecule has 0 saturated heterocycles. The summed E-state index contributed by atoms with van der Waals surface area (Å²) in [5.41, 5.74) is 1.60. The minimum Gasteiger partial charge on any atom is -0.508 e. The third kappa shape index (κ3) is 4.51. The third-order valence-corrected chi connectivity index (χ3v) is 9.40. The Kier molecular flexibility index (Phi) is 7.52. The lowest BCUT2D eigenvalue weighted by Crippen LogP contribution is -2.58. The van der Waals surface area contributed by atoms with Crippen molar-refractivity contribution in [1.29, 1.82) is 0 Å². The molecule has 3 atom stereocenters. The fraction of sp³-hybridized carbons (Fsp3) is 0.567. The summed E-state index contributed by atoms with van der Waals surface area (Å²) >= 11 is 0. The summed E-state index contributed by atoms with van der Waals surface area (Å²) in [5.74, 6) is -7.24. The summed E-state index contributed by atoms with van der Waals surface area (Å²) in [6.45, 7) is 3.84. The highest BCUT2D eigenvalue weighted by Gasteiger charge is 2.60. The van der Waals surface area contributed by atoms with Gasteiger partial charge >= 0.3 is 0 Å². The van der Waals surface area contributed by atoms with Gasteiger partial charge in [0.25, 0.3) is 5.91 Å². The number of fused-ring (bicyclic) bond motifs is 3. The second-order valence-electron chi connectivity index (χ2n) is 11.8. The van der Waals surface area contributed by atoms with Crippen molar-refractivity contribution >= 4 is 23.2 Å². The number of benzene rings is 1. The van der Waals surface area contributed by atoms with E-state index in [1.165, 1.54) is 31.7 Å². The Bertz CT molecular complexity index is 1330. The van der Waals surface area contributed by atoms with Crippen LogP contribution < -0.4 is 5.73 Å². The number of hydrogen-bond donors (Lipinski definition) is 5. The predicted molar refractivity (Wildman–Crippen MR) is 143 cm³/mol. The number of nitrogens with zero attached hydrogens (tertiary/aromatic N) is 1. The topological polar surface area (TPSA) is 161 Å². The van der Waals surface area contributed by atoms with E-state index in [-0.39, 0.29) is 36.1 Å². The normalized spacial score (nSPS) is 27.4. The maximum absolute atomic E-state index is 16.0. The van der Waals surface area contributed by atoms with Gasteiger partial charge in [-0.05, 0) is 50.1 Å². The molecule has 1 unspecified atom stereocenters. The molecule has 4 aliphatic carbocycles. The van der Waals surface area contributed by atoms with E-state index in [4.69, 9.17) is 5.73 Å². The van der Waals surface area contributed by atoms with Crippen molar-refractivity contribution in [2.75, 3.05) is 13.1 Å². The summed E-state index contributed by atoms with van der Waals surface area (Å²) < 4.78 is 16.0. The van der Waals surface area contributed by atoms with Crippen molar-refractivity contribution in [1.82, 2.24) is 4.90 Å². The summed E-state index contributed by atoms with van der Waals surface area (Å²) in [6, 6.07) is 1.27. The number of ketones is 2. The lowest BCUT2D eigenvalue weighted by atomic mass is 9.59. The average Bonchev–Trinajstić information content (AvgIpc) is 3.17. The first-order valence-corrected chi connectivity index (χ1v) is 14.2. The van der Waals surface area contributed by atoms with E-state index in [2.05, 4.69) is 4.90 Å². The van der Waals surface area contributed by atoms with Crippen molar-refractivity contribution in [2.24, 2.45) is 23.5 Å². The van der Waals surface area contributed by atoms with Crippen molar-refractivity contribution < 1.29 is 39.2 Å². The van der Waals surface area contributed by atoms with Crippen LogP contribution in [0.15, 0.2) is 23.0 Å². The molecule has 1 aromatic carbocycles. The molecule has 2 saturated carbocycles. The molecule has 1 amide bonds. The minimum atomic E-state index is -2.64. The number of aliphatic hydroxyl groups is 3. The Morgan fingerprint density at radius 1 is 1.12 bits per heavy atom. The molecule has 0 aromatic heterocycles. The zero-order valence-corrected chi connectivity index (χ0v) is 22.7. The highest BCUT2D eigenvalue weighted by Crippen LogP contribution is 2.52. The van der Waals surface area contributed by atoms with Crippen LogP contribution in [-0.4, -0.2) is 61.5 Å². The first-order valence-electron chi connectivity index (χ1n) is 14.2. The van der Waals surface area contributed by atoms with Crippen LogP contribution in [0.4, 0.5) is 4.39 Å². The fourth-order valence-corrected chi connectivity index (χ4v) is 7.30. The van der Waals surface area contributed by atoms with Gasteiger partial charge < -0.3 is 26.2 Å². The number of phenolic OH excluding ortho intramolecular Hbond substituents is 1. The van der Waals surface area contributed by atoms with Gasteiger partial charge in [-0.1, -0.05) is 32.6 Å². The second kappa shape index (κ2) is 10.6. The van der Waals surface area contributed by atoms with E-state index >= 15 is 4.39 Å². The van der Waals surface area contributed by atoms with Crippen molar-refractivity contribution in [2.45, 2.75) is 76.9 Å². The van der Waals surface area contributed by atoms with Gasteiger partial charge in [-0.3, -0.25) is 19.3 Å². The van der Waals surface area contributed by atoms with Crippen LogP contribution in [0.3, 0.4) is 0 Å². The van der Waals surface area contributed by atoms with Gasteiger partial charge in [-0.2, -0.15) is 0 Å². The number of carbonyl (C=O) groups excluding carboxylic acids is 3. The summed E-state index contributed by atoms with van der Waals surface area (Å²) in [4.78, 5) is 40.0. The van der Waals surface area contributed by atoms with Crippen LogP contribution in [0.2, 0.25) is 0 Å². The lowest BCUT2D eigenvalue weighted by molar-refractivity contribution is -0.147. The molecular formula is C30H37FN2O7. The molecule has 40 heavy (non-hydrogen) atoms. The Hall–Kier alpha value is -3.24. The number of Topliss-reactive ketones (excluding diaryl/α,β-unsaturated/α-hetero) is 2. The Balaban J connectivity index is 1.50. The molecule has 0 bridgehead atoms. The van der Waals surface area contributed by atoms with Gasteiger partial charge in [-0.15, -0.1) is 0 Å². The average molecular weight is 557 g/mol. The standard InChI is InChI=1S/C30H37FN2O7/c1-2-33(13-15-7-5-3-4-6-8-15)14-17-11-20(34)23-19(25(17)31)10-16-9-18-12-21(35)24(29(32)39)28(38)30(18,40)27(37)22(16)26(23)36/h11,15-16,18,34,36,38,40H,2-10,12-14H2,1H3,(H2,32,39)/t16?,18-,30-/m0/s1. The van der Waals surface area contributed by atoms with Gasteiger partial charge in [0.1, 0.15) is 28.7 Å². The zero-order chi connectivity index (χ0) is 28.9. The lowest BCUT2D eigenvalue weighted by Gasteiger charge is -2.46.